The van der Waals surface area contributed by atoms with E-state index >= 15 is 0 Å². The molecule has 7 heteroatoms. The highest BCUT2D eigenvalue weighted by atomic mass is 35.5. The van der Waals surface area contributed by atoms with Crippen LogP contribution in [0, 0.1) is 11.8 Å². The second kappa shape index (κ2) is 9.88. The molecule has 0 unspecified atom stereocenters. The van der Waals surface area contributed by atoms with Gasteiger partial charge in [-0.25, -0.2) is 4.79 Å². The number of carboxylic acids is 1. The topological polar surface area (TPSA) is 95.5 Å². The maximum atomic E-state index is 12.8. The van der Waals surface area contributed by atoms with Gasteiger partial charge in [-0.2, -0.15) is 0 Å². The van der Waals surface area contributed by atoms with Crippen LogP contribution in [0.2, 0.25) is 5.02 Å². The zero-order chi connectivity index (χ0) is 23.4. The van der Waals surface area contributed by atoms with Gasteiger partial charge in [0.1, 0.15) is 0 Å². The fourth-order valence-electron chi connectivity index (χ4n) is 4.18. The summed E-state index contributed by atoms with van der Waals surface area (Å²) in [4.78, 5) is 36.4. The van der Waals surface area contributed by atoms with Crippen LogP contribution in [0.1, 0.15) is 29.6 Å². The predicted molar refractivity (Wildman–Crippen MR) is 129 cm³/mol. The first-order valence-electron chi connectivity index (χ1n) is 10.7. The summed E-state index contributed by atoms with van der Waals surface area (Å²) in [7, 11) is 0. The Morgan fingerprint density at radius 2 is 1.21 bits per heavy atom. The van der Waals surface area contributed by atoms with Gasteiger partial charge in [0, 0.05) is 27.9 Å². The number of amides is 2. The molecule has 0 radical (unpaired) electrons. The van der Waals surface area contributed by atoms with E-state index in [1.165, 1.54) is 0 Å². The van der Waals surface area contributed by atoms with E-state index in [0.29, 0.717) is 34.8 Å². The van der Waals surface area contributed by atoms with Crippen LogP contribution in [0.15, 0.2) is 72.8 Å². The van der Waals surface area contributed by atoms with Crippen LogP contribution >= 0.6 is 11.6 Å². The Hall–Kier alpha value is -3.64. The molecule has 0 spiro atoms. The lowest BCUT2D eigenvalue weighted by molar-refractivity contribution is -0.142. The standard InChI is InChI=1S/C26H23ClN2O4/c27-19-10-14-21(15-11-19)29-26(33)28-20-12-8-17(9-13-20)16-4-6-18(7-5-16)24(30)22-2-1-3-23(22)25(31)32/h4-15,22-23H,1-3H2,(H,31,32)(H2,28,29,33)/t22-,23-/m1/s1. The molecule has 0 saturated heterocycles. The van der Waals surface area contributed by atoms with Crippen LogP contribution in [0.5, 0.6) is 0 Å². The maximum Gasteiger partial charge on any atom is 0.323 e. The average molecular weight is 463 g/mol. The number of carbonyl (C=O) groups excluding carboxylic acids is 2. The fourth-order valence-corrected chi connectivity index (χ4v) is 4.31. The number of benzene rings is 3. The minimum Gasteiger partial charge on any atom is -0.481 e. The summed E-state index contributed by atoms with van der Waals surface area (Å²) < 4.78 is 0. The Morgan fingerprint density at radius 3 is 1.76 bits per heavy atom. The van der Waals surface area contributed by atoms with E-state index in [9.17, 15) is 19.5 Å². The van der Waals surface area contributed by atoms with Gasteiger partial charge in [0.05, 0.1) is 5.92 Å². The van der Waals surface area contributed by atoms with Gasteiger partial charge in [0.2, 0.25) is 0 Å². The number of hydrogen-bond donors (Lipinski definition) is 3. The molecule has 2 atom stereocenters. The Balaban J connectivity index is 1.38. The van der Waals surface area contributed by atoms with Gasteiger partial charge in [-0.05, 0) is 60.4 Å². The Morgan fingerprint density at radius 1 is 0.727 bits per heavy atom. The molecule has 1 aliphatic carbocycles. The number of Topliss-reactive ketones (excluding diaryl/α,β-unsaturated/α-hetero) is 1. The molecule has 4 rings (SSSR count). The molecule has 1 aliphatic rings. The lowest BCUT2D eigenvalue weighted by Gasteiger charge is -2.14. The maximum absolute atomic E-state index is 12.8. The zero-order valence-corrected chi connectivity index (χ0v) is 18.5. The number of nitrogens with one attached hydrogen (secondary N) is 2. The van der Waals surface area contributed by atoms with E-state index in [0.717, 1.165) is 17.5 Å². The van der Waals surface area contributed by atoms with Crippen molar-refractivity contribution in [3.63, 3.8) is 0 Å². The molecule has 0 heterocycles. The van der Waals surface area contributed by atoms with Crippen molar-refractivity contribution >= 4 is 40.8 Å². The molecule has 3 N–H and O–H groups in total. The van der Waals surface area contributed by atoms with Gasteiger partial charge in [-0.15, -0.1) is 0 Å². The highest BCUT2D eigenvalue weighted by Gasteiger charge is 2.37. The fraction of sp³-hybridized carbons (Fsp3) is 0.192. The van der Waals surface area contributed by atoms with Crippen LogP contribution in [-0.4, -0.2) is 22.9 Å². The third-order valence-electron chi connectivity index (χ3n) is 5.92. The lowest BCUT2D eigenvalue weighted by Crippen LogP contribution is -2.25. The van der Waals surface area contributed by atoms with Crippen LogP contribution in [-0.2, 0) is 4.79 Å². The largest absolute Gasteiger partial charge is 0.481 e. The summed E-state index contributed by atoms with van der Waals surface area (Å²) in [6.45, 7) is 0. The second-order valence-corrected chi connectivity index (χ2v) is 8.52. The number of carboxylic acid groups (broad SMARTS) is 1. The highest BCUT2D eigenvalue weighted by molar-refractivity contribution is 6.30. The average Bonchev–Trinajstić information content (AvgIpc) is 3.31. The van der Waals surface area contributed by atoms with E-state index in [1.54, 1.807) is 48.5 Å². The number of halogens is 1. The van der Waals surface area contributed by atoms with Gasteiger partial charge in [-0.3, -0.25) is 9.59 Å². The molecule has 0 aromatic heterocycles. The number of rotatable bonds is 6. The molecule has 0 aliphatic heterocycles. The second-order valence-electron chi connectivity index (χ2n) is 8.09. The van der Waals surface area contributed by atoms with E-state index in [1.807, 2.05) is 24.3 Å². The van der Waals surface area contributed by atoms with E-state index in [2.05, 4.69) is 10.6 Å². The molecule has 33 heavy (non-hydrogen) atoms. The Labute approximate surface area is 196 Å². The monoisotopic (exact) mass is 462 g/mol. The van der Waals surface area contributed by atoms with Gasteiger partial charge >= 0.3 is 12.0 Å². The molecule has 1 saturated carbocycles. The summed E-state index contributed by atoms with van der Waals surface area (Å²) in [6.07, 6.45) is 1.95. The van der Waals surface area contributed by atoms with Crippen molar-refractivity contribution in [1.82, 2.24) is 0 Å². The minimum absolute atomic E-state index is 0.0994. The number of aliphatic carboxylic acids is 1. The zero-order valence-electron chi connectivity index (χ0n) is 17.8. The molecule has 0 bridgehead atoms. The summed E-state index contributed by atoms with van der Waals surface area (Å²) in [5.41, 5.74) is 3.66. The van der Waals surface area contributed by atoms with Gasteiger partial charge in [0.15, 0.2) is 5.78 Å². The number of carbonyl (C=O) groups is 3. The van der Waals surface area contributed by atoms with Crippen molar-refractivity contribution in [3.8, 4) is 11.1 Å². The van der Waals surface area contributed by atoms with Gasteiger partial charge in [0.25, 0.3) is 0 Å². The molecule has 2 amide bonds. The quantitative estimate of drug-likeness (QED) is 0.373. The molecular weight excluding hydrogens is 440 g/mol. The summed E-state index contributed by atoms with van der Waals surface area (Å²) in [5, 5.41) is 15.5. The minimum atomic E-state index is -0.891. The van der Waals surface area contributed by atoms with Crippen molar-refractivity contribution in [1.29, 1.82) is 0 Å². The first-order valence-corrected chi connectivity index (χ1v) is 11.1. The Kier molecular flexibility index (Phi) is 6.75. The van der Waals surface area contributed by atoms with E-state index < -0.39 is 17.8 Å². The number of urea groups is 1. The SMILES string of the molecule is O=C(Nc1ccc(Cl)cc1)Nc1ccc(-c2ccc(C(=O)[C@@H]3CCC[C@H]3C(=O)O)cc2)cc1. The van der Waals surface area contributed by atoms with Crippen molar-refractivity contribution < 1.29 is 19.5 Å². The third-order valence-corrected chi connectivity index (χ3v) is 6.17. The summed E-state index contributed by atoms with van der Waals surface area (Å²) in [5.74, 6) is -2.03. The number of anilines is 2. The third kappa shape index (κ3) is 5.41. The normalized spacial score (nSPS) is 17.4. The van der Waals surface area contributed by atoms with Crippen LogP contribution in [0.25, 0.3) is 11.1 Å². The highest BCUT2D eigenvalue weighted by Crippen LogP contribution is 2.35. The van der Waals surface area contributed by atoms with Gasteiger partial charge < -0.3 is 15.7 Å². The molecule has 6 nitrogen and oxygen atoms in total. The van der Waals surface area contributed by atoms with Gasteiger partial charge in [-0.1, -0.05) is 54.4 Å². The molecule has 3 aromatic rings. The molecule has 3 aromatic carbocycles. The summed E-state index contributed by atoms with van der Waals surface area (Å²) in [6, 6.07) is 21.0. The van der Waals surface area contributed by atoms with Crippen LogP contribution in [0.3, 0.4) is 0 Å². The van der Waals surface area contributed by atoms with Crippen molar-refractivity contribution in [2.45, 2.75) is 19.3 Å². The van der Waals surface area contributed by atoms with E-state index in [4.69, 9.17) is 11.6 Å². The molecule has 1 fully saturated rings. The van der Waals surface area contributed by atoms with Crippen molar-refractivity contribution in [2.24, 2.45) is 11.8 Å². The van der Waals surface area contributed by atoms with Crippen molar-refractivity contribution in [2.75, 3.05) is 10.6 Å². The lowest BCUT2D eigenvalue weighted by atomic mass is 9.88. The summed E-state index contributed by atoms with van der Waals surface area (Å²) >= 11 is 5.85. The van der Waals surface area contributed by atoms with E-state index in [-0.39, 0.29) is 11.8 Å². The van der Waals surface area contributed by atoms with Crippen LogP contribution in [0.4, 0.5) is 16.2 Å². The smallest absolute Gasteiger partial charge is 0.323 e. The van der Waals surface area contributed by atoms with Crippen LogP contribution < -0.4 is 10.6 Å². The molecular formula is C26H23ClN2O4. The predicted octanol–water partition coefficient (Wildman–Crippen LogP) is 6.33. The molecule has 168 valence electrons. The number of ketones is 1. The number of hydrogen-bond acceptors (Lipinski definition) is 3. The Bertz CT molecular complexity index is 1160. The first kappa shape index (κ1) is 22.6. The van der Waals surface area contributed by atoms with Crippen molar-refractivity contribution in [3.05, 3.63) is 83.4 Å². The first-order chi connectivity index (χ1) is 15.9.